The topological polar surface area (TPSA) is 127 Å². The van der Waals surface area contributed by atoms with Crippen molar-refractivity contribution in [2.45, 2.75) is 100 Å². The Morgan fingerprint density at radius 2 is 1.06 bits per heavy atom. The van der Waals surface area contributed by atoms with Gasteiger partial charge in [-0.1, -0.05) is 33.8 Å². The predicted octanol–water partition coefficient (Wildman–Crippen LogP) is 3.47. The summed E-state index contributed by atoms with van der Waals surface area (Å²) in [6.45, 7) is 11.5. The number of aliphatic hydroxyl groups is 2. The molecule has 8 nitrogen and oxygen atoms in total. The van der Waals surface area contributed by atoms with Crippen molar-refractivity contribution < 1.29 is 35.4 Å². The van der Waals surface area contributed by atoms with Gasteiger partial charge >= 0.3 is 0 Å². The highest BCUT2D eigenvalue weighted by atomic mass is 32.2. The maximum atomic E-state index is 13.2. The minimum atomic E-state index is -4.36. The molecule has 1 aromatic rings. The van der Waals surface area contributed by atoms with Crippen molar-refractivity contribution in [3.63, 3.8) is 0 Å². The van der Waals surface area contributed by atoms with Gasteiger partial charge in [-0.3, -0.25) is 8.37 Å². The summed E-state index contributed by atoms with van der Waals surface area (Å²) in [4.78, 5) is -0.637. The highest BCUT2D eigenvalue weighted by Gasteiger charge is 2.65. The van der Waals surface area contributed by atoms with E-state index in [-0.39, 0.29) is 44.3 Å². The third-order valence-corrected chi connectivity index (χ3v) is 13.2. The fraction of sp³-hybridized carbons (Fsp3) is 0.769. The van der Waals surface area contributed by atoms with Crippen LogP contribution in [0.3, 0.4) is 0 Å². The quantitative estimate of drug-likeness (QED) is 0.523. The van der Waals surface area contributed by atoms with Crippen LogP contribution in [-0.4, -0.2) is 50.5 Å². The van der Waals surface area contributed by atoms with E-state index in [1.807, 2.05) is 0 Å². The Bertz CT molecular complexity index is 1180. The lowest BCUT2D eigenvalue weighted by Gasteiger charge is -2.64. The van der Waals surface area contributed by atoms with Crippen LogP contribution in [-0.2, 0) is 28.6 Å². The zero-order valence-corrected chi connectivity index (χ0v) is 23.4. The maximum absolute atomic E-state index is 13.2. The first-order chi connectivity index (χ1) is 16.3. The van der Waals surface area contributed by atoms with Gasteiger partial charge in [-0.25, -0.2) is 0 Å². The van der Waals surface area contributed by atoms with Gasteiger partial charge in [0.25, 0.3) is 20.2 Å². The van der Waals surface area contributed by atoms with Crippen molar-refractivity contribution in [3.05, 3.63) is 24.3 Å². The molecule has 8 atom stereocenters. The Balaban J connectivity index is 1.35. The first-order valence-corrected chi connectivity index (χ1v) is 15.5. The van der Waals surface area contributed by atoms with E-state index in [2.05, 4.69) is 27.7 Å². The summed E-state index contributed by atoms with van der Waals surface area (Å²) in [6, 6.07) is 4.89. The molecule has 0 spiro atoms. The molecule has 10 heteroatoms. The van der Waals surface area contributed by atoms with E-state index in [0.29, 0.717) is 12.8 Å². The largest absolute Gasteiger partial charge is 0.387 e. The zero-order valence-electron chi connectivity index (χ0n) is 21.8. The molecule has 0 radical (unpaired) electrons. The fourth-order valence-corrected chi connectivity index (χ4v) is 10.2. The molecule has 36 heavy (non-hydrogen) atoms. The van der Waals surface area contributed by atoms with E-state index in [4.69, 9.17) is 8.37 Å². The van der Waals surface area contributed by atoms with Gasteiger partial charge < -0.3 is 10.2 Å². The normalized spacial score (nSPS) is 42.8. The second-order valence-electron chi connectivity index (χ2n) is 13.1. The van der Waals surface area contributed by atoms with E-state index in [9.17, 15) is 27.0 Å². The summed E-state index contributed by atoms with van der Waals surface area (Å²) < 4.78 is 63.6. The molecule has 2 N–H and O–H groups in total. The monoisotopic (exact) mass is 542 g/mol. The van der Waals surface area contributed by atoms with Gasteiger partial charge in [-0.2, -0.15) is 16.8 Å². The molecule has 1 aromatic carbocycles. The Morgan fingerprint density at radius 3 is 1.36 bits per heavy atom. The third kappa shape index (κ3) is 3.73. The van der Waals surface area contributed by atoms with Crippen LogP contribution in [0.5, 0.6) is 0 Å². The summed E-state index contributed by atoms with van der Waals surface area (Å²) in [5, 5.41) is 22.3. The summed E-state index contributed by atoms with van der Waals surface area (Å²) in [6.07, 6.45) is 0.647. The molecule has 0 heterocycles. The fourth-order valence-electron chi connectivity index (χ4n) is 7.73. The molecular weight excluding hydrogens is 504 g/mol. The van der Waals surface area contributed by atoms with E-state index >= 15 is 0 Å². The molecule has 6 saturated carbocycles. The first kappa shape index (κ1) is 26.6. The van der Waals surface area contributed by atoms with Gasteiger partial charge in [0.2, 0.25) is 0 Å². The third-order valence-electron chi connectivity index (χ3n) is 10.5. The SMILES string of the molecule is CC1(C)C2CC(OS(=O)(=O)c3cccc(S(=O)(=O)OC4CC5CC(C5(C)C)C4(C)O)c3)C(C)(O)C1C2. The zero-order chi connectivity index (χ0) is 26.7. The summed E-state index contributed by atoms with van der Waals surface area (Å²) in [7, 11) is -8.71. The number of hydrogen-bond acceptors (Lipinski definition) is 8. The molecule has 8 unspecified atom stereocenters. The van der Waals surface area contributed by atoms with E-state index < -0.39 is 43.6 Å². The number of benzene rings is 1. The standard InChI is InChI=1S/C26H38O8S2/c1-23(2)15-10-19(23)25(5,27)21(12-15)33-35(29,30)17-8-7-9-18(14-17)36(31,32)34-22-13-16-11-20(24(16,3)4)26(22,6)28/h7-9,14-16,19-22,27-28H,10-13H2,1-6H3. The Labute approximate surface area is 214 Å². The molecule has 0 aliphatic heterocycles. The lowest BCUT2D eigenvalue weighted by atomic mass is 9.43. The van der Waals surface area contributed by atoms with Crippen molar-refractivity contribution in [1.29, 1.82) is 0 Å². The van der Waals surface area contributed by atoms with E-state index in [1.54, 1.807) is 13.8 Å². The molecule has 6 aliphatic carbocycles. The van der Waals surface area contributed by atoms with Crippen molar-refractivity contribution in [2.75, 3.05) is 0 Å². The van der Waals surface area contributed by atoms with Gasteiger partial charge in [0.1, 0.15) is 12.2 Å². The molecule has 6 fully saturated rings. The van der Waals surface area contributed by atoms with Crippen LogP contribution in [0.15, 0.2) is 34.1 Å². The van der Waals surface area contributed by atoms with Gasteiger partial charge in [-0.05, 0) is 92.2 Å². The minimum absolute atomic E-state index is 0.0801. The number of hydrogen-bond donors (Lipinski definition) is 2. The van der Waals surface area contributed by atoms with Gasteiger partial charge in [0.05, 0.1) is 21.0 Å². The number of fused-ring (bicyclic) bond motifs is 4. The van der Waals surface area contributed by atoms with Crippen LogP contribution in [0.2, 0.25) is 0 Å². The number of rotatable bonds is 6. The maximum Gasteiger partial charge on any atom is 0.297 e. The van der Waals surface area contributed by atoms with E-state index in [0.717, 1.165) is 18.9 Å². The molecule has 202 valence electrons. The Hall–Kier alpha value is -1.04. The van der Waals surface area contributed by atoms with Crippen LogP contribution in [0.25, 0.3) is 0 Å². The van der Waals surface area contributed by atoms with Crippen molar-refractivity contribution in [3.8, 4) is 0 Å². The average Bonchev–Trinajstić information content (AvgIpc) is 2.75. The van der Waals surface area contributed by atoms with E-state index in [1.165, 1.54) is 18.2 Å². The van der Waals surface area contributed by atoms with Gasteiger partial charge in [0, 0.05) is 0 Å². The van der Waals surface area contributed by atoms with Crippen molar-refractivity contribution >= 4 is 20.2 Å². The first-order valence-electron chi connectivity index (χ1n) is 12.7. The summed E-state index contributed by atoms with van der Waals surface area (Å²) in [5.74, 6) is 0.345. The second-order valence-corrected chi connectivity index (χ2v) is 16.2. The van der Waals surface area contributed by atoms with Gasteiger partial charge in [0.15, 0.2) is 0 Å². The molecule has 0 saturated heterocycles. The van der Waals surface area contributed by atoms with Crippen molar-refractivity contribution in [2.24, 2.45) is 34.5 Å². The summed E-state index contributed by atoms with van der Waals surface area (Å²) >= 11 is 0. The smallest absolute Gasteiger partial charge is 0.297 e. The molecule has 0 amide bonds. The van der Waals surface area contributed by atoms with Crippen LogP contribution < -0.4 is 0 Å². The van der Waals surface area contributed by atoms with Crippen LogP contribution in [0.4, 0.5) is 0 Å². The van der Waals surface area contributed by atoms with Crippen LogP contribution in [0, 0.1) is 34.5 Å². The molecule has 4 bridgehead atoms. The molecule has 6 aliphatic rings. The second kappa shape index (κ2) is 7.76. The minimum Gasteiger partial charge on any atom is -0.387 e. The van der Waals surface area contributed by atoms with Crippen LogP contribution >= 0.6 is 0 Å². The molecule has 0 aromatic heterocycles. The Kier molecular flexibility index (Phi) is 5.72. The molecule has 7 rings (SSSR count). The van der Waals surface area contributed by atoms with Gasteiger partial charge in [-0.15, -0.1) is 0 Å². The van der Waals surface area contributed by atoms with Crippen LogP contribution in [0.1, 0.15) is 67.2 Å². The Morgan fingerprint density at radius 1 is 0.694 bits per heavy atom. The highest BCUT2D eigenvalue weighted by Crippen LogP contribution is 2.64. The van der Waals surface area contributed by atoms with Crippen molar-refractivity contribution in [1.82, 2.24) is 0 Å². The molecular formula is C26H38O8S2. The average molecular weight is 543 g/mol. The predicted molar refractivity (Wildman–Crippen MR) is 132 cm³/mol. The highest BCUT2D eigenvalue weighted by molar-refractivity contribution is 7.87. The lowest BCUT2D eigenvalue weighted by molar-refractivity contribution is -0.237. The lowest BCUT2D eigenvalue weighted by Crippen LogP contribution is -2.67. The summed E-state index contributed by atoms with van der Waals surface area (Å²) in [5.41, 5.74) is -2.82.